The van der Waals surface area contributed by atoms with Gasteiger partial charge in [0.2, 0.25) is 0 Å². The summed E-state index contributed by atoms with van der Waals surface area (Å²) in [6.07, 6.45) is 2.14. The van der Waals surface area contributed by atoms with Crippen LogP contribution in [0.4, 0.5) is 0 Å². The first-order valence-electron chi connectivity index (χ1n) is 6.33. The second-order valence-corrected chi connectivity index (χ2v) is 4.63. The molecule has 1 atom stereocenters. The van der Waals surface area contributed by atoms with E-state index in [-0.39, 0.29) is 17.7 Å². The molecule has 0 spiro atoms. The summed E-state index contributed by atoms with van der Waals surface area (Å²) in [5.74, 6) is -1.41. The fourth-order valence-electron chi connectivity index (χ4n) is 2.16. The van der Waals surface area contributed by atoms with Gasteiger partial charge in [0.05, 0.1) is 12.2 Å². The molecule has 0 fully saturated rings. The Morgan fingerprint density at radius 2 is 2.20 bits per heavy atom. The van der Waals surface area contributed by atoms with Gasteiger partial charge >= 0.3 is 11.7 Å². The number of aromatic nitrogens is 4. The maximum Gasteiger partial charge on any atom is 0.332 e. The van der Waals surface area contributed by atoms with Crippen molar-refractivity contribution in [3.63, 3.8) is 0 Å². The number of nitrogens with one attached hydrogen (secondary N) is 1. The minimum Gasteiger partial charge on any atom is -0.481 e. The van der Waals surface area contributed by atoms with Gasteiger partial charge in [-0.15, -0.1) is 0 Å². The number of fused-ring (bicyclic) bond motifs is 1. The topological polar surface area (TPSA) is 110 Å². The number of carboxylic acids is 1. The van der Waals surface area contributed by atoms with Gasteiger partial charge in [0.25, 0.3) is 5.56 Å². The van der Waals surface area contributed by atoms with Gasteiger partial charge in [-0.1, -0.05) is 6.92 Å². The molecule has 0 aliphatic rings. The van der Waals surface area contributed by atoms with Crippen molar-refractivity contribution in [3.8, 4) is 0 Å². The molecule has 2 N–H and O–H groups in total. The molecule has 0 radical (unpaired) electrons. The third-order valence-corrected chi connectivity index (χ3v) is 3.45. The van der Waals surface area contributed by atoms with Gasteiger partial charge in [0.1, 0.15) is 5.52 Å². The van der Waals surface area contributed by atoms with E-state index in [1.165, 1.54) is 17.9 Å². The van der Waals surface area contributed by atoms with Crippen molar-refractivity contribution in [2.24, 2.45) is 13.0 Å². The highest BCUT2D eigenvalue weighted by molar-refractivity contribution is 5.70. The molecule has 8 heteroatoms. The molecule has 0 aliphatic carbocycles. The molecule has 0 amide bonds. The molecule has 2 aromatic rings. The number of aliphatic carboxylic acids is 1. The van der Waals surface area contributed by atoms with E-state index in [1.807, 2.05) is 0 Å². The monoisotopic (exact) mass is 280 g/mol. The fraction of sp³-hybridized carbons (Fsp3) is 0.500. The zero-order chi connectivity index (χ0) is 14.9. The molecule has 20 heavy (non-hydrogen) atoms. The average Bonchev–Trinajstić information content (AvgIpc) is 2.89. The van der Waals surface area contributed by atoms with E-state index in [1.54, 1.807) is 6.92 Å². The van der Waals surface area contributed by atoms with E-state index in [9.17, 15) is 14.4 Å². The molecule has 0 saturated carbocycles. The Morgan fingerprint density at radius 3 is 2.80 bits per heavy atom. The highest BCUT2D eigenvalue weighted by Crippen LogP contribution is 2.11. The van der Waals surface area contributed by atoms with Gasteiger partial charge < -0.3 is 10.1 Å². The van der Waals surface area contributed by atoms with E-state index < -0.39 is 23.1 Å². The van der Waals surface area contributed by atoms with Crippen molar-refractivity contribution in [2.45, 2.75) is 26.3 Å². The van der Waals surface area contributed by atoms with Crippen LogP contribution in [0.15, 0.2) is 15.9 Å². The summed E-state index contributed by atoms with van der Waals surface area (Å²) < 4.78 is 2.32. The Morgan fingerprint density at radius 1 is 1.50 bits per heavy atom. The second-order valence-electron chi connectivity index (χ2n) is 4.63. The fourth-order valence-corrected chi connectivity index (χ4v) is 2.16. The summed E-state index contributed by atoms with van der Waals surface area (Å²) in [6.45, 7) is 1.99. The van der Waals surface area contributed by atoms with Crippen LogP contribution >= 0.6 is 0 Å². The molecule has 2 aromatic heterocycles. The van der Waals surface area contributed by atoms with Crippen LogP contribution in [0, 0.1) is 5.92 Å². The Bertz CT molecular complexity index is 755. The van der Waals surface area contributed by atoms with Crippen LogP contribution in [0.2, 0.25) is 0 Å². The minimum absolute atomic E-state index is 0.207. The third-order valence-electron chi connectivity index (χ3n) is 3.45. The van der Waals surface area contributed by atoms with Crippen LogP contribution < -0.4 is 11.2 Å². The van der Waals surface area contributed by atoms with Gasteiger partial charge in [-0.05, 0) is 12.8 Å². The number of hydrogen-bond donors (Lipinski definition) is 2. The average molecular weight is 280 g/mol. The molecule has 2 rings (SSSR count). The van der Waals surface area contributed by atoms with E-state index in [0.29, 0.717) is 12.8 Å². The largest absolute Gasteiger partial charge is 0.481 e. The van der Waals surface area contributed by atoms with Crippen molar-refractivity contribution < 1.29 is 9.90 Å². The maximum absolute atomic E-state index is 12.1. The van der Waals surface area contributed by atoms with Crippen LogP contribution in [-0.4, -0.2) is 30.2 Å². The highest BCUT2D eigenvalue weighted by atomic mass is 16.4. The first-order valence-corrected chi connectivity index (χ1v) is 6.33. The Kier molecular flexibility index (Phi) is 3.73. The number of aromatic amines is 1. The summed E-state index contributed by atoms with van der Waals surface area (Å²) in [7, 11) is 1.38. The zero-order valence-corrected chi connectivity index (χ0v) is 11.3. The molecule has 0 aromatic carbocycles. The van der Waals surface area contributed by atoms with E-state index in [2.05, 4.69) is 9.97 Å². The van der Waals surface area contributed by atoms with Crippen LogP contribution in [0.5, 0.6) is 0 Å². The summed E-state index contributed by atoms with van der Waals surface area (Å²) in [5, 5.41) is 9.03. The lowest BCUT2D eigenvalue weighted by Gasteiger charge is -2.12. The van der Waals surface area contributed by atoms with Crippen LogP contribution in [-0.2, 0) is 18.4 Å². The summed E-state index contributed by atoms with van der Waals surface area (Å²) in [4.78, 5) is 41.6. The molecular formula is C12H16N4O4. The van der Waals surface area contributed by atoms with Crippen molar-refractivity contribution in [1.82, 2.24) is 19.1 Å². The smallest absolute Gasteiger partial charge is 0.332 e. The maximum atomic E-state index is 12.1. The van der Waals surface area contributed by atoms with Gasteiger partial charge in [-0.25, -0.2) is 9.78 Å². The standard InChI is InChI=1S/C12H16N4O4/c1-3-7(11(18)19)4-5-16-9-8(13-6-14-9)10(17)15(2)12(16)20/h6-7H,3-5H2,1-2H3,(H,13,14)(H,18,19). The quantitative estimate of drug-likeness (QED) is 0.796. The zero-order valence-electron chi connectivity index (χ0n) is 11.3. The minimum atomic E-state index is -0.886. The number of aryl methyl sites for hydroxylation is 1. The molecule has 108 valence electrons. The van der Waals surface area contributed by atoms with E-state index in [0.717, 1.165) is 4.57 Å². The first-order chi connectivity index (χ1) is 9.47. The lowest BCUT2D eigenvalue weighted by Crippen LogP contribution is -2.38. The van der Waals surface area contributed by atoms with Gasteiger partial charge in [0, 0.05) is 13.6 Å². The SMILES string of the molecule is CCC(CCn1c(=O)n(C)c(=O)c2[nH]cnc21)C(=O)O. The predicted octanol–water partition coefficient (Wildman–Crippen LogP) is -0.0758. The summed E-state index contributed by atoms with van der Waals surface area (Å²) in [6, 6.07) is 0. The number of rotatable bonds is 5. The van der Waals surface area contributed by atoms with Crippen LogP contribution in [0.1, 0.15) is 19.8 Å². The van der Waals surface area contributed by atoms with E-state index in [4.69, 9.17) is 5.11 Å². The molecule has 8 nitrogen and oxygen atoms in total. The number of nitrogens with zero attached hydrogens (tertiary/aromatic N) is 3. The van der Waals surface area contributed by atoms with Crippen molar-refractivity contribution >= 4 is 17.1 Å². The number of carboxylic acid groups (broad SMARTS) is 1. The third kappa shape index (κ3) is 2.24. The van der Waals surface area contributed by atoms with Crippen LogP contribution in [0.3, 0.4) is 0 Å². The van der Waals surface area contributed by atoms with Gasteiger partial charge in [0.15, 0.2) is 5.65 Å². The Balaban J connectivity index is 2.45. The Hall–Kier alpha value is -2.38. The first kappa shape index (κ1) is 14.0. The second kappa shape index (κ2) is 5.32. The number of hydrogen-bond acceptors (Lipinski definition) is 4. The van der Waals surface area contributed by atoms with Gasteiger partial charge in [-0.2, -0.15) is 0 Å². The highest BCUT2D eigenvalue weighted by Gasteiger charge is 2.18. The number of H-pyrrole nitrogens is 1. The summed E-state index contributed by atoms with van der Waals surface area (Å²) in [5.41, 5.74) is -0.423. The van der Waals surface area contributed by atoms with E-state index >= 15 is 0 Å². The lowest BCUT2D eigenvalue weighted by atomic mass is 10.0. The van der Waals surface area contributed by atoms with Crippen molar-refractivity contribution in [3.05, 3.63) is 27.2 Å². The molecule has 0 saturated heterocycles. The lowest BCUT2D eigenvalue weighted by molar-refractivity contribution is -0.142. The summed E-state index contributed by atoms with van der Waals surface area (Å²) >= 11 is 0. The van der Waals surface area contributed by atoms with Crippen LogP contribution in [0.25, 0.3) is 11.2 Å². The molecule has 1 unspecified atom stereocenters. The van der Waals surface area contributed by atoms with Crippen molar-refractivity contribution in [2.75, 3.05) is 0 Å². The number of imidazole rings is 1. The predicted molar refractivity (Wildman–Crippen MR) is 71.6 cm³/mol. The molecular weight excluding hydrogens is 264 g/mol. The molecule has 0 bridgehead atoms. The van der Waals surface area contributed by atoms with Crippen molar-refractivity contribution in [1.29, 1.82) is 0 Å². The number of carbonyl (C=O) groups is 1. The molecule has 0 aliphatic heterocycles. The Labute approximate surface area is 113 Å². The van der Waals surface area contributed by atoms with Gasteiger partial charge in [-0.3, -0.25) is 18.7 Å². The normalized spacial score (nSPS) is 12.7. The molecule has 2 heterocycles.